The van der Waals surface area contributed by atoms with Gasteiger partial charge in [0.25, 0.3) is 0 Å². The van der Waals surface area contributed by atoms with Crippen molar-refractivity contribution in [3.05, 3.63) is 120 Å². The second-order valence-corrected chi connectivity index (χ2v) is 6.35. The Hall–Kier alpha value is -3.26. The van der Waals surface area contributed by atoms with Crippen LogP contribution in [-0.2, 0) is 12.8 Å². The third-order valence-corrected chi connectivity index (χ3v) is 4.33. The molecule has 0 atom stereocenters. The summed E-state index contributed by atoms with van der Waals surface area (Å²) >= 11 is 0. The van der Waals surface area contributed by atoms with E-state index in [0.717, 1.165) is 35.6 Å². The van der Waals surface area contributed by atoms with Gasteiger partial charge in [-0.15, -0.1) is 0 Å². The normalized spacial score (nSPS) is 10.6. The molecule has 2 nitrogen and oxygen atoms in total. The average molecular weight is 336 g/mol. The Morgan fingerprint density at radius 2 is 0.846 bits per heavy atom. The van der Waals surface area contributed by atoms with E-state index < -0.39 is 0 Å². The molecule has 0 bridgehead atoms. The Kier molecular flexibility index (Phi) is 4.83. The van der Waals surface area contributed by atoms with E-state index in [1.807, 2.05) is 24.3 Å². The molecule has 0 amide bonds. The van der Waals surface area contributed by atoms with Gasteiger partial charge >= 0.3 is 0 Å². The molecular weight excluding hydrogens is 316 g/mol. The van der Waals surface area contributed by atoms with E-state index >= 15 is 0 Å². The van der Waals surface area contributed by atoms with Crippen molar-refractivity contribution in [2.75, 3.05) is 0 Å². The molecule has 126 valence electrons. The van der Waals surface area contributed by atoms with Crippen LogP contribution in [0.1, 0.15) is 22.5 Å². The van der Waals surface area contributed by atoms with Crippen LogP contribution in [0, 0.1) is 0 Å². The summed E-state index contributed by atoms with van der Waals surface area (Å²) in [6.07, 6.45) is 1.66. The molecule has 0 saturated carbocycles. The van der Waals surface area contributed by atoms with Gasteiger partial charge in [-0.2, -0.15) is 0 Å². The molecule has 0 N–H and O–H groups in total. The van der Waals surface area contributed by atoms with Gasteiger partial charge in [-0.25, -0.2) is 0 Å². The monoisotopic (exact) mass is 336 g/mol. The number of nitrogens with zero attached hydrogens (tertiary/aromatic N) is 2. The van der Waals surface area contributed by atoms with Crippen molar-refractivity contribution in [2.45, 2.75) is 12.8 Å². The van der Waals surface area contributed by atoms with E-state index in [1.54, 1.807) is 0 Å². The lowest BCUT2D eigenvalue weighted by atomic mass is 10.1. The molecule has 0 unspecified atom stereocenters. The molecular formula is C24H20N2. The van der Waals surface area contributed by atoms with E-state index in [-0.39, 0.29) is 0 Å². The Balaban J connectivity index is 1.57. The van der Waals surface area contributed by atoms with Crippen LogP contribution in [0.25, 0.3) is 11.4 Å². The molecule has 0 fully saturated rings. The molecule has 0 aliphatic carbocycles. The average Bonchev–Trinajstić information content (AvgIpc) is 2.70. The minimum Gasteiger partial charge on any atom is -0.251 e. The SMILES string of the molecule is c1ccc(Cc2cccc(-c3cccc(Cc4ccccc4)n3)n2)cc1. The van der Waals surface area contributed by atoms with Gasteiger partial charge < -0.3 is 0 Å². The van der Waals surface area contributed by atoms with Crippen LogP contribution >= 0.6 is 0 Å². The van der Waals surface area contributed by atoms with E-state index in [4.69, 9.17) is 9.97 Å². The van der Waals surface area contributed by atoms with Crippen molar-refractivity contribution in [3.63, 3.8) is 0 Å². The van der Waals surface area contributed by atoms with Crippen LogP contribution in [0.15, 0.2) is 97.1 Å². The molecule has 0 saturated heterocycles. The molecule has 26 heavy (non-hydrogen) atoms. The maximum absolute atomic E-state index is 4.82. The highest BCUT2D eigenvalue weighted by Gasteiger charge is 2.05. The summed E-state index contributed by atoms with van der Waals surface area (Å²) in [5.74, 6) is 0. The highest BCUT2D eigenvalue weighted by molar-refractivity contribution is 5.54. The lowest BCUT2D eigenvalue weighted by Gasteiger charge is -2.07. The molecule has 4 aromatic rings. The molecule has 0 spiro atoms. The van der Waals surface area contributed by atoms with Crippen LogP contribution in [0.2, 0.25) is 0 Å². The quantitative estimate of drug-likeness (QED) is 0.492. The summed E-state index contributed by atoms with van der Waals surface area (Å²) in [7, 11) is 0. The Morgan fingerprint density at radius 3 is 1.27 bits per heavy atom. The molecule has 0 aliphatic rings. The number of aromatic nitrogens is 2. The van der Waals surface area contributed by atoms with Crippen LogP contribution in [-0.4, -0.2) is 9.97 Å². The molecule has 2 aromatic heterocycles. The largest absolute Gasteiger partial charge is 0.251 e. The fourth-order valence-corrected chi connectivity index (χ4v) is 3.05. The summed E-state index contributed by atoms with van der Waals surface area (Å²) in [6, 6.07) is 33.2. The van der Waals surface area contributed by atoms with E-state index in [9.17, 15) is 0 Å². The first-order chi connectivity index (χ1) is 12.9. The van der Waals surface area contributed by atoms with Crippen molar-refractivity contribution in [3.8, 4) is 11.4 Å². The van der Waals surface area contributed by atoms with Crippen molar-refractivity contribution >= 4 is 0 Å². The van der Waals surface area contributed by atoms with Crippen LogP contribution < -0.4 is 0 Å². The molecule has 2 heterocycles. The van der Waals surface area contributed by atoms with Gasteiger partial charge in [0.15, 0.2) is 0 Å². The third-order valence-electron chi connectivity index (χ3n) is 4.33. The first kappa shape index (κ1) is 16.2. The van der Waals surface area contributed by atoms with Crippen molar-refractivity contribution < 1.29 is 0 Å². The Labute approximate surface area is 154 Å². The van der Waals surface area contributed by atoms with Gasteiger partial charge in [0.05, 0.1) is 11.4 Å². The molecule has 4 rings (SSSR count). The highest BCUT2D eigenvalue weighted by Crippen LogP contribution is 2.18. The van der Waals surface area contributed by atoms with E-state index in [0.29, 0.717) is 0 Å². The van der Waals surface area contributed by atoms with Gasteiger partial charge in [-0.1, -0.05) is 72.8 Å². The van der Waals surface area contributed by atoms with Gasteiger partial charge in [-0.05, 0) is 35.4 Å². The molecule has 0 aliphatic heterocycles. The second kappa shape index (κ2) is 7.75. The van der Waals surface area contributed by atoms with E-state index in [2.05, 4.69) is 72.8 Å². The van der Waals surface area contributed by atoms with Crippen molar-refractivity contribution in [2.24, 2.45) is 0 Å². The molecule has 2 aromatic carbocycles. The predicted octanol–water partition coefficient (Wildman–Crippen LogP) is 5.33. The fourth-order valence-electron chi connectivity index (χ4n) is 3.05. The van der Waals surface area contributed by atoms with Crippen LogP contribution in [0.4, 0.5) is 0 Å². The zero-order valence-corrected chi connectivity index (χ0v) is 14.5. The summed E-state index contributed by atoms with van der Waals surface area (Å²) < 4.78 is 0. The number of pyridine rings is 2. The summed E-state index contributed by atoms with van der Waals surface area (Å²) in [5.41, 5.74) is 6.50. The lowest BCUT2D eigenvalue weighted by molar-refractivity contribution is 1.05. The standard InChI is InChI=1S/C24H20N2/c1-3-9-19(10-4-1)17-21-13-7-15-23(25-21)24-16-8-14-22(26-24)18-20-11-5-2-6-12-20/h1-16H,17-18H2. The smallest absolute Gasteiger partial charge is 0.0889 e. The predicted molar refractivity (Wildman–Crippen MR) is 106 cm³/mol. The number of benzene rings is 2. The Bertz CT molecular complexity index is 896. The van der Waals surface area contributed by atoms with Crippen molar-refractivity contribution in [1.82, 2.24) is 9.97 Å². The van der Waals surface area contributed by atoms with Gasteiger partial charge in [0.1, 0.15) is 0 Å². The highest BCUT2D eigenvalue weighted by atomic mass is 14.8. The summed E-state index contributed by atoms with van der Waals surface area (Å²) in [4.78, 5) is 9.65. The van der Waals surface area contributed by atoms with Crippen molar-refractivity contribution in [1.29, 1.82) is 0 Å². The molecule has 0 radical (unpaired) electrons. The van der Waals surface area contributed by atoms with Gasteiger partial charge in [-0.3, -0.25) is 9.97 Å². The van der Waals surface area contributed by atoms with Gasteiger partial charge in [0.2, 0.25) is 0 Å². The zero-order valence-electron chi connectivity index (χ0n) is 14.5. The molecule has 2 heteroatoms. The second-order valence-electron chi connectivity index (χ2n) is 6.35. The maximum atomic E-state index is 4.82. The lowest BCUT2D eigenvalue weighted by Crippen LogP contribution is -1.97. The maximum Gasteiger partial charge on any atom is 0.0889 e. The van der Waals surface area contributed by atoms with Crippen LogP contribution in [0.5, 0.6) is 0 Å². The van der Waals surface area contributed by atoms with Crippen LogP contribution in [0.3, 0.4) is 0 Å². The Morgan fingerprint density at radius 1 is 0.423 bits per heavy atom. The summed E-state index contributed by atoms with van der Waals surface area (Å²) in [6.45, 7) is 0. The number of hydrogen-bond donors (Lipinski definition) is 0. The minimum atomic E-state index is 0.832. The first-order valence-corrected chi connectivity index (χ1v) is 8.87. The number of rotatable bonds is 5. The first-order valence-electron chi connectivity index (χ1n) is 8.87. The minimum absolute atomic E-state index is 0.832. The third kappa shape index (κ3) is 4.04. The van der Waals surface area contributed by atoms with Gasteiger partial charge in [0, 0.05) is 24.2 Å². The topological polar surface area (TPSA) is 25.8 Å². The fraction of sp³-hybridized carbons (Fsp3) is 0.0833. The van der Waals surface area contributed by atoms with E-state index in [1.165, 1.54) is 11.1 Å². The number of hydrogen-bond acceptors (Lipinski definition) is 2. The summed E-state index contributed by atoms with van der Waals surface area (Å²) in [5, 5.41) is 0. The zero-order chi connectivity index (χ0) is 17.6.